The molecule has 21 heavy (non-hydrogen) atoms. The van der Waals surface area contributed by atoms with Gasteiger partial charge in [-0.25, -0.2) is 0 Å². The summed E-state index contributed by atoms with van der Waals surface area (Å²) in [5.41, 5.74) is 1.92. The first-order valence-electron chi connectivity index (χ1n) is 6.64. The zero-order chi connectivity index (χ0) is 15.8. The lowest BCUT2D eigenvalue weighted by molar-refractivity contribution is -0.140. The van der Waals surface area contributed by atoms with Crippen molar-refractivity contribution in [3.63, 3.8) is 0 Å². The molecule has 0 saturated carbocycles. The number of carboxylic acid groups (broad SMARTS) is 1. The van der Waals surface area contributed by atoms with E-state index in [1.807, 2.05) is 32.0 Å². The summed E-state index contributed by atoms with van der Waals surface area (Å²) < 4.78 is 10.5. The summed E-state index contributed by atoms with van der Waals surface area (Å²) in [6, 6.07) is 5.74. The first-order chi connectivity index (χ1) is 9.93. The third-order valence-corrected chi connectivity index (χ3v) is 3.02. The van der Waals surface area contributed by atoms with Gasteiger partial charge in [0.1, 0.15) is 5.75 Å². The number of para-hydroxylation sites is 1. The molecule has 1 amide bonds. The highest BCUT2D eigenvalue weighted by molar-refractivity contribution is 5.77. The highest BCUT2D eigenvalue weighted by atomic mass is 16.5. The molecule has 0 fully saturated rings. The average molecular weight is 295 g/mol. The van der Waals surface area contributed by atoms with E-state index in [9.17, 15) is 9.59 Å². The Morgan fingerprint density at radius 3 is 2.43 bits per heavy atom. The molecule has 1 rings (SSSR count). The lowest BCUT2D eigenvalue weighted by Crippen LogP contribution is -2.37. The Balaban J connectivity index is 2.42. The molecular weight excluding hydrogens is 274 g/mol. The number of benzene rings is 1. The zero-order valence-electron chi connectivity index (χ0n) is 12.5. The van der Waals surface area contributed by atoms with Gasteiger partial charge in [-0.2, -0.15) is 0 Å². The maximum atomic E-state index is 11.7. The summed E-state index contributed by atoms with van der Waals surface area (Å²) in [6.07, 6.45) is -0.708. The lowest BCUT2D eigenvalue weighted by Gasteiger charge is -2.15. The minimum atomic E-state index is -0.970. The molecule has 1 aromatic carbocycles. The van der Waals surface area contributed by atoms with Gasteiger partial charge in [-0.15, -0.1) is 0 Å². The minimum Gasteiger partial charge on any atom is -0.483 e. The van der Waals surface area contributed by atoms with Gasteiger partial charge in [0.25, 0.3) is 5.91 Å². The highest BCUT2D eigenvalue weighted by Gasteiger charge is 2.14. The van der Waals surface area contributed by atoms with Crippen molar-refractivity contribution >= 4 is 11.9 Å². The third kappa shape index (κ3) is 5.83. The standard InChI is InChI=1S/C15H21NO5/c1-10-5-4-6-11(2)15(10)21-9-13(17)16-8-12(20-3)7-14(18)19/h4-6,12H,7-9H2,1-3H3,(H,16,17)(H,18,19). The summed E-state index contributed by atoms with van der Waals surface area (Å²) in [5.74, 6) is -0.588. The molecule has 0 aliphatic rings. The molecule has 1 atom stereocenters. The van der Waals surface area contributed by atoms with Gasteiger partial charge < -0.3 is 19.9 Å². The molecule has 0 heterocycles. The summed E-state index contributed by atoms with van der Waals surface area (Å²) >= 11 is 0. The zero-order valence-corrected chi connectivity index (χ0v) is 12.5. The first-order valence-corrected chi connectivity index (χ1v) is 6.64. The maximum Gasteiger partial charge on any atom is 0.306 e. The van der Waals surface area contributed by atoms with Crippen molar-refractivity contribution in [3.8, 4) is 5.75 Å². The number of hydrogen-bond donors (Lipinski definition) is 2. The Bertz CT molecular complexity index is 481. The van der Waals surface area contributed by atoms with E-state index in [1.165, 1.54) is 7.11 Å². The van der Waals surface area contributed by atoms with E-state index in [1.54, 1.807) is 0 Å². The van der Waals surface area contributed by atoms with Crippen molar-refractivity contribution in [2.24, 2.45) is 0 Å². The van der Waals surface area contributed by atoms with Gasteiger partial charge in [0.15, 0.2) is 6.61 Å². The molecule has 0 bridgehead atoms. The molecule has 0 aromatic heterocycles. The van der Waals surface area contributed by atoms with Crippen molar-refractivity contribution in [3.05, 3.63) is 29.3 Å². The maximum absolute atomic E-state index is 11.7. The molecule has 0 radical (unpaired) electrons. The van der Waals surface area contributed by atoms with E-state index in [2.05, 4.69) is 5.32 Å². The number of carbonyl (C=O) groups excluding carboxylic acids is 1. The molecule has 6 heteroatoms. The number of ether oxygens (including phenoxy) is 2. The van der Waals surface area contributed by atoms with Gasteiger partial charge in [0.05, 0.1) is 12.5 Å². The Kier molecular flexibility index (Phi) is 6.68. The van der Waals surface area contributed by atoms with Crippen LogP contribution < -0.4 is 10.1 Å². The molecule has 0 aliphatic heterocycles. The number of methoxy groups -OCH3 is 1. The lowest BCUT2D eigenvalue weighted by atomic mass is 10.1. The first kappa shape index (κ1) is 17.0. The van der Waals surface area contributed by atoms with Crippen LogP contribution in [0.4, 0.5) is 0 Å². The molecule has 116 valence electrons. The van der Waals surface area contributed by atoms with E-state index in [0.29, 0.717) is 5.75 Å². The van der Waals surface area contributed by atoms with Gasteiger partial charge >= 0.3 is 5.97 Å². The topological polar surface area (TPSA) is 84.9 Å². The summed E-state index contributed by atoms with van der Waals surface area (Å²) in [5, 5.41) is 11.3. The number of aryl methyl sites for hydroxylation is 2. The molecule has 1 unspecified atom stereocenters. The van der Waals surface area contributed by atoms with Gasteiger partial charge in [-0.3, -0.25) is 9.59 Å². The van der Waals surface area contributed by atoms with Crippen molar-refractivity contribution in [1.29, 1.82) is 0 Å². The van der Waals surface area contributed by atoms with Crippen LogP contribution in [0.25, 0.3) is 0 Å². The van der Waals surface area contributed by atoms with E-state index in [4.69, 9.17) is 14.6 Å². The summed E-state index contributed by atoms with van der Waals surface area (Å²) in [7, 11) is 1.41. The second-order valence-electron chi connectivity index (χ2n) is 4.77. The predicted octanol–water partition coefficient (Wildman–Crippen LogP) is 1.29. The van der Waals surface area contributed by atoms with E-state index in [-0.39, 0.29) is 25.5 Å². The van der Waals surface area contributed by atoms with Crippen LogP contribution in [0.5, 0.6) is 5.75 Å². The van der Waals surface area contributed by atoms with Crippen LogP contribution in [-0.4, -0.2) is 43.3 Å². The van der Waals surface area contributed by atoms with Crippen LogP contribution in [0.15, 0.2) is 18.2 Å². The fourth-order valence-corrected chi connectivity index (χ4v) is 1.88. The number of rotatable bonds is 8. The number of carbonyl (C=O) groups is 2. The van der Waals surface area contributed by atoms with Crippen molar-refractivity contribution < 1.29 is 24.2 Å². The molecule has 0 spiro atoms. The Morgan fingerprint density at radius 2 is 1.90 bits per heavy atom. The second-order valence-corrected chi connectivity index (χ2v) is 4.77. The molecule has 6 nitrogen and oxygen atoms in total. The van der Waals surface area contributed by atoms with Crippen LogP contribution in [-0.2, 0) is 14.3 Å². The largest absolute Gasteiger partial charge is 0.483 e. The van der Waals surface area contributed by atoms with Gasteiger partial charge in [-0.1, -0.05) is 18.2 Å². The van der Waals surface area contributed by atoms with Gasteiger partial charge in [0.2, 0.25) is 0 Å². The van der Waals surface area contributed by atoms with Crippen molar-refractivity contribution in [2.45, 2.75) is 26.4 Å². The quantitative estimate of drug-likeness (QED) is 0.755. The van der Waals surface area contributed by atoms with Gasteiger partial charge in [-0.05, 0) is 25.0 Å². The fraction of sp³-hybridized carbons (Fsp3) is 0.467. The smallest absolute Gasteiger partial charge is 0.306 e. The number of amides is 1. The second kappa shape index (κ2) is 8.26. The molecule has 1 aromatic rings. The minimum absolute atomic E-state index is 0.116. The number of nitrogens with one attached hydrogen (secondary N) is 1. The van der Waals surface area contributed by atoms with E-state index >= 15 is 0 Å². The van der Waals surface area contributed by atoms with Crippen LogP contribution in [0.1, 0.15) is 17.5 Å². The fourth-order valence-electron chi connectivity index (χ4n) is 1.88. The van der Waals surface area contributed by atoms with Crippen LogP contribution in [0.2, 0.25) is 0 Å². The number of aliphatic carboxylic acids is 1. The molecule has 0 saturated heterocycles. The summed E-state index contributed by atoms with van der Waals surface area (Å²) in [6.45, 7) is 3.84. The van der Waals surface area contributed by atoms with Crippen molar-refractivity contribution in [1.82, 2.24) is 5.32 Å². The molecular formula is C15H21NO5. The Labute approximate surface area is 124 Å². The third-order valence-electron chi connectivity index (χ3n) is 3.02. The predicted molar refractivity (Wildman–Crippen MR) is 77.5 cm³/mol. The summed E-state index contributed by atoms with van der Waals surface area (Å²) in [4.78, 5) is 22.3. The normalized spacial score (nSPS) is 11.8. The van der Waals surface area contributed by atoms with Crippen LogP contribution in [0, 0.1) is 13.8 Å². The molecule has 2 N–H and O–H groups in total. The van der Waals surface area contributed by atoms with Crippen LogP contribution in [0.3, 0.4) is 0 Å². The molecule has 0 aliphatic carbocycles. The number of hydrogen-bond acceptors (Lipinski definition) is 4. The highest BCUT2D eigenvalue weighted by Crippen LogP contribution is 2.21. The van der Waals surface area contributed by atoms with Crippen molar-refractivity contribution in [2.75, 3.05) is 20.3 Å². The average Bonchev–Trinajstić information content (AvgIpc) is 2.42. The van der Waals surface area contributed by atoms with E-state index in [0.717, 1.165) is 11.1 Å². The monoisotopic (exact) mass is 295 g/mol. The SMILES string of the molecule is COC(CNC(=O)COc1c(C)cccc1C)CC(=O)O. The van der Waals surface area contributed by atoms with Crippen LogP contribution >= 0.6 is 0 Å². The van der Waals surface area contributed by atoms with Gasteiger partial charge in [0, 0.05) is 13.7 Å². The van der Waals surface area contributed by atoms with E-state index < -0.39 is 12.1 Å². The number of carboxylic acids is 1. The Morgan fingerprint density at radius 1 is 1.29 bits per heavy atom. The Hall–Kier alpha value is -2.08.